The average Bonchev–Trinajstić information content (AvgIpc) is 3.43. The molecule has 5 aliphatic carbocycles. The zero-order chi connectivity index (χ0) is 20.6. The zero-order valence-corrected chi connectivity index (χ0v) is 19.8. The van der Waals surface area contributed by atoms with Crippen LogP contribution < -0.4 is 0 Å². The van der Waals surface area contributed by atoms with E-state index >= 15 is 0 Å². The molecule has 2 heteroatoms. The van der Waals surface area contributed by atoms with Crippen molar-refractivity contribution in [1.82, 2.24) is 0 Å². The highest BCUT2D eigenvalue weighted by Gasteiger charge is 2.66. The highest BCUT2D eigenvalue weighted by atomic mass is 16.5. The molecule has 0 radical (unpaired) electrons. The number of hydrogen-bond donors (Lipinski definition) is 0. The zero-order valence-electron chi connectivity index (χ0n) is 19.8. The second kappa shape index (κ2) is 6.83. The van der Waals surface area contributed by atoms with Crippen LogP contribution in [0.2, 0.25) is 0 Å². The molecule has 0 aromatic carbocycles. The monoisotopic (exact) mass is 412 g/mol. The third kappa shape index (κ3) is 2.62. The van der Waals surface area contributed by atoms with E-state index in [1.807, 2.05) is 0 Å². The Bertz CT molecular complexity index is 716. The maximum atomic E-state index is 6.67. The van der Waals surface area contributed by atoms with Crippen molar-refractivity contribution in [2.75, 3.05) is 13.2 Å². The summed E-state index contributed by atoms with van der Waals surface area (Å²) in [6.07, 6.45) is 20.2. The Labute approximate surface area is 184 Å². The Morgan fingerprint density at radius 1 is 1.00 bits per heavy atom. The molecular weight excluding hydrogens is 368 g/mol. The first-order chi connectivity index (χ1) is 14.5. The Balaban J connectivity index is 1.28. The molecule has 4 saturated carbocycles. The largest absolute Gasteiger partial charge is 0.374 e. The number of hydrogen-bond acceptors (Lipinski definition) is 2. The predicted octanol–water partition coefficient (Wildman–Crippen LogP) is 7.07. The van der Waals surface area contributed by atoms with Crippen molar-refractivity contribution in [3.05, 3.63) is 11.6 Å². The van der Waals surface area contributed by atoms with Gasteiger partial charge in [-0.3, -0.25) is 0 Å². The van der Waals surface area contributed by atoms with Crippen LogP contribution in [0, 0.1) is 34.5 Å². The summed E-state index contributed by atoms with van der Waals surface area (Å²) in [4.78, 5) is 0. The van der Waals surface area contributed by atoms with Crippen molar-refractivity contribution in [3.8, 4) is 0 Å². The maximum Gasteiger partial charge on any atom is 0.0747 e. The molecule has 1 spiro atoms. The lowest BCUT2D eigenvalue weighted by Crippen LogP contribution is -2.55. The summed E-state index contributed by atoms with van der Waals surface area (Å²) >= 11 is 0. The molecule has 30 heavy (non-hydrogen) atoms. The number of allylic oxidation sites excluding steroid dienone is 1. The highest BCUT2D eigenvalue weighted by Crippen LogP contribution is 2.70. The van der Waals surface area contributed by atoms with E-state index in [4.69, 9.17) is 9.47 Å². The van der Waals surface area contributed by atoms with Gasteiger partial charge >= 0.3 is 0 Å². The minimum atomic E-state index is 0.187. The third-order valence-corrected chi connectivity index (χ3v) is 11.5. The first-order valence-corrected chi connectivity index (χ1v) is 13.4. The van der Waals surface area contributed by atoms with E-state index in [2.05, 4.69) is 26.8 Å². The first-order valence-electron chi connectivity index (χ1n) is 13.4. The minimum Gasteiger partial charge on any atom is -0.374 e. The van der Waals surface area contributed by atoms with Gasteiger partial charge in [-0.2, -0.15) is 0 Å². The molecule has 6 aliphatic rings. The highest BCUT2D eigenvalue weighted by molar-refractivity contribution is 5.29. The van der Waals surface area contributed by atoms with Gasteiger partial charge in [-0.05, 0) is 118 Å². The molecule has 5 fully saturated rings. The van der Waals surface area contributed by atoms with E-state index in [0.29, 0.717) is 10.8 Å². The molecule has 0 amide bonds. The standard InChI is InChI=1S/C28H44O2/c1-4-17-29-27(20-6-7-20)16-15-25(2)21(19-27)8-9-22-23(25)10-13-26(3)24(22)11-14-28(26)12-5-18-30-28/h8,20,22-24H,4-7,9-19H2,1-3H3. The van der Waals surface area contributed by atoms with E-state index in [9.17, 15) is 0 Å². The predicted molar refractivity (Wildman–Crippen MR) is 121 cm³/mol. The topological polar surface area (TPSA) is 18.5 Å². The molecule has 2 nitrogen and oxygen atoms in total. The Morgan fingerprint density at radius 2 is 1.83 bits per heavy atom. The van der Waals surface area contributed by atoms with Gasteiger partial charge < -0.3 is 9.47 Å². The lowest BCUT2D eigenvalue weighted by Gasteiger charge is -2.60. The van der Waals surface area contributed by atoms with Crippen molar-refractivity contribution in [2.45, 2.75) is 115 Å². The van der Waals surface area contributed by atoms with Gasteiger partial charge in [0.05, 0.1) is 11.2 Å². The molecule has 0 aromatic rings. The number of ether oxygens (including phenoxy) is 2. The van der Waals surface area contributed by atoms with Gasteiger partial charge in [0, 0.05) is 13.2 Å². The van der Waals surface area contributed by atoms with Crippen LogP contribution in [0.25, 0.3) is 0 Å². The van der Waals surface area contributed by atoms with E-state index in [1.54, 1.807) is 5.57 Å². The van der Waals surface area contributed by atoms with Crippen LogP contribution >= 0.6 is 0 Å². The molecule has 7 unspecified atom stereocenters. The normalized spacial score (nSPS) is 52.6. The molecule has 0 bridgehead atoms. The molecule has 168 valence electrons. The van der Waals surface area contributed by atoms with Crippen LogP contribution in [-0.4, -0.2) is 24.4 Å². The Morgan fingerprint density at radius 3 is 2.57 bits per heavy atom. The lowest BCUT2D eigenvalue weighted by molar-refractivity contribution is -0.141. The molecule has 7 atom stereocenters. The third-order valence-electron chi connectivity index (χ3n) is 11.5. The fraction of sp³-hybridized carbons (Fsp3) is 0.929. The van der Waals surface area contributed by atoms with Crippen LogP contribution in [-0.2, 0) is 9.47 Å². The van der Waals surface area contributed by atoms with Crippen LogP contribution in [0.4, 0.5) is 0 Å². The fourth-order valence-corrected chi connectivity index (χ4v) is 9.60. The number of fused-ring (bicyclic) bond motifs is 6. The molecule has 0 N–H and O–H groups in total. The smallest absolute Gasteiger partial charge is 0.0747 e. The maximum absolute atomic E-state index is 6.67. The van der Waals surface area contributed by atoms with Crippen molar-refractivity contribution in [3.63, 3.8) is 0 Å². The molecular formula is C28H44O2. The minimum absolute atomic E-state index is 0.187. The molecule has 1 saturated heterocycles. The van der Waals surface area contributed by atoms with Gasteiger partial charge in [-0.1, -0.05) is 32.4 Å². The van der Waals surface area contributed by atoms with Crippen LogP contribution in [0.5, 0.6) is 0 Å². The summed E-state index contributed by atoms with van der Waals surface area (Å²) in [5, 5.41) is 0. The summed E-state index contributed by atoms with van der Waals surface area (Å²) in [5.41, 5.74) is 3.08. The Kier molecular flexibility index (Phi) is 4.62. The summed E-state index contributed by atoms with van der Waals surface area (Å²) in [6, 6.07) is 0. The van der Waals surface area contributed by atoms with Gasteiger partial charge in [-0.25, -0.2) is 0 Å². The Hall–Kier alpha value is -0.340. The van der Waals surface area contributed by atoms with Crippen molar-refractivity contribution in [2.24, 2.45) is 34.5 Å². The van der Waals surface area contributed by atoms with Crippen LogP contribution in [0.15, 0.2) is 11.6 Å². The summed E-state index contributed by atoms with van der Waals surface area (Å²) in [6.45, 7) is 9.52. The summed E-state index contributed by atoms with van der Waals surface area (Å²) in [7, 11) is 0. The van der Waals surface area contributed by atoms with Gasteiger partial charge in [-0.15, -0.1) is 0 Å². The summed E-state index contributed by atoms with van der Waals surface area (Å²) in [5.74, 6) is 3.52. The van der Waals surface area contributed by atoms with Crippen molar-refractivity contribution in [1.29, 1.82) is 0 Å². The lowest BCUT2D eigenvalue weighted by atomic mass is 9.46. The second-order valence-corrected chi connectivity index (χ2v) is 12.6. The van der Waals surface area contributed by atoms with E-state index in [1.165, 1.54) is 77.0 Å². The fourth-order valence-electron chi connectivity index (χ4n) is 9.60. The van der Waals surface area contributed by atoms with Gasteiger partial charge in [0.2, 0.25) is 0 Å². The van der Waals surface area contributed by atoms with Gasteiger partial charge in [0.1, 0.15) is 0 Å². The first kappa shape index (κ1) is 20.3. The van der Waals surface area contributed by atoms with Gasteiger partial charge in [0.25, 0.3) is 0 Å². The van der Waals surface area contributed by atoms with Crippen LogP contribution in [0.1, 0.15) is 104 Å². The molecule has 0 aromatic heterocycles. The van der Waals surface area contributed by atoms with Gasteiger partial charge in [0.15, 0.2) is 0 Å². The second-order valence-electron chi connectivity index (χ2n) is 12.6. The van der Waals surface area contributed by atoms with Crippen molar-refractivity contribution >= 4 is 0 Å². The average molecular weight is 413 g/mol. The molecule has 1 heterocycles. The van der Waals surface area contributed by atoms with E-state index in [0.717, 1.165) is 43.3 Å². The van der Waals surface area contributed by atoms with E-state index in [-0.39, 0.29) is 11.2 Å². The van der Waals surface area contributed by atoms with E-state index < -0.39 is 0 Å². The SMILES string of the molecule is CCCOC1(C2CC2)CCC2(C)C(=CCC3C2CCC2(C)C3CCC23CCCO3)C1. The quantitative estimate of drug-likeness (QED) is 0.460. The van der Waals surface area contributed by atoms with Crippen molar-refractivity contribution < 1.29 is 9.47 Å². The molecule has 6 rings (SSSR count). The molecule has 1 aliphatic heterocycles. The number of rotatable bonds is 4. The van der Waals surface area contributed by atoms with Crippen LogP contribution in [0.3, 0.4) is 0 Å². The summed E-state index contributed by atoms with van der Waals surface area (Å²) < 4.78 is 13.2.